The van der Waals surface area contributed by atoms with Crippen molar-refractivity contribution in [3.8, 4) is 0 Å². The van der Waals surface area contributed by atoms with Crippen LogP contribution in [0.15, 0.2) is 30.3 Å². The number of aromatic nitrogens is 3. The summed E-state index contributed by atoms with van der Waals surface area (Å²) in [5.74, 6) is 0. The number of hydrogen-bond donors (Lipinski definition) is 1. The molecule has 27 heavy (non-hydrogen) atoms. The quantitative estimate of drug-likeness (QED) is 0.735. The predicted octanol–water partition coefficient (Wildman–Crippen LogP) is 4.60. The van der Waals surface area contributed by atoms with Crippen LogP contribution in [0.5, 0.6) is 0 Å². The van der Waals surface area contributed by atoms with Gasteiger partial charge in [-0.1, -0.05) is 6.07 Å². The van der Waals surface area contributed by atoms with E-state index < -0.39 is 0 Å². The minimum atomic E-state index is -0.154. The molecule has 1 aromatic carbocycles. The monoisotopic (exact) mass is 365 g/mol. The molecule has 1 N–H and O–H groups in total. The molecule has 0 bridgehead atoms. The summed E-state index contributed by atoms with van der Waals surface area (Å²) in [5, 5.41) is 8.55. The lowest BCUT2D eigenvalue weighted by Gasteiger charge is -2.19. The number of fused-ring (bicyclic) bond motifs is 1. The number of nitrogens with one attached hydrogen (secondary N) is 1. The van der Waals surface area contributed by atoms with Gasteiger partial charge in [0.2, 0.25) is 0 Å². The van der Waals surface area contributed by atoms with Gasteiger partial charge in [0.05, 0.1) is 23.4 Å². The summed E-state index contributed by atoms with van der Waals surface area (Å²) in [4.78, 5) is 19.0. The Labute approximate surface area is 160 Å². The van der Waals surface area contributed by atoms with Crippen molar-refractivity contribution in [3.63, 3.8) is 0 Å². The first kappa shape index (κ1) is 18.9. The number of anilines is 1. The summed E-state index contributed by atoms with van der Waals surface area (Å²) < 4.78 is 2.01. The zero-order valence-electron chi connectivity index (χ0n) is 16.9. The molecule has 0 saturated heterocycles. The Hall–Kier alpha value is -2.89. The molecule has 6 heteroatoms. The molecule has 6 nitrogen and oxygen atoms in total. The first-order valence-corrected chi connectivity index (χ1v) is 9.21. The number of carbonyl (C=O) groups is 1. The van der Waals surface area contributed by atoms with E-state index in [1.54, 1.807) is 11.9 Å². The maximum absolute atomic E-state index is 12.8. The molecule has 0 aliphatic carbocycles. The molecule has 2 heterocycles. The Morgan fingerprint density at radius 2 is 1.93 bits per heavy atom. The van der Waals surface area contributed by atoms with Crippen LogP contribution in [0.1, 0.15) is 42.5 Å². The van der Waals surface area contributed by atoms with Gasteiger partial charge in [0, 0.05) is 35.4 Å². The summed E-state index contributed by atoms with van der Waals surface area (Å²) in [6.07, 6.45) is 0. The highest BCUT2D eigenvalue weighted by Crippen LogP contribution is 2.23. The van der Waals surface area contributed by atoms with Crippen LogP contribution >= 0.6 is 0 Å². The minimum Gasteiger partial charge on any atom is -0.323 e. The van der Waals surface area contributed by atoms with E-state index in [2.05, 4.69) is 36.2 Å². The SMILES string of the molecule is Cc1ccc2c(NC(=O)N(C)Cc3c(C)nn(C(C)C)c3C)cccc2n1. The van der Waals surface area contributed by atoms with Crippen LogP contribution in [0.2, 0.25) is 0 Å². The van der Waals surface area contributed by atoms with E-state index in [4.69, 9.17) is 0 Å². The molecule has 2 aromatic heterocycles. The number of pyridine rings is 1. The Morgan fingerprint density at radius 3 is 2.59 bits per heavy atom. The number of aryl methyl sites for hydroxylation is 2. The molecule has 142 valence electrons. The first-order chi connectivity index (χ1) is 12.8. The van der Waals surface area contributed by atoms with Gasteiger partial charge in [-0.15, -0.1) is 0 Å². The lowest BCUT2D eigenvalue weighted by molar-refractivity contribution is 0.220. The Bertz CT molecular complexity index is 990. The fourth-order valence-electron chi connectivity index (χ4n) is 3.31. The summed E-state index contributed by atoms with van der Waals surface area (Å²) in [6.45, 7) is 10.7. The largest absolute Gasteiger partial charge is 0.323 e. The molecule has 0 aliphatic rings. The summed E-state index contributed by atoms with van der Waals surface area (Å²) in [6, 6.07) is 9.85. The number of urea groups is 1. The second kappa shape index (κ2) is 7.39. The third-order valence-electron chi connectivity index (χ3n) is 4.82. The number of carbonyl (C=O) groups excluding carboxylic acids is 1. The third-order valence-corrected chi connectivity index (χ3v) is 4.82. The molecule has 0 aliphatic heterocycles. The van der Waals surface area contributed by atoms with Crippen LogP contribution in [0.25, 0.3) is 10.9 Å². The second-order valence-electron chi connectivity index (χ2n) is 7.30. The smallest absolute Gasteiger partial charge is 0.321 e. The highest BCUT2D eigenvalue weighted by Gasteiger charge is 2.18. The summed E-state index contributed by atoms with van der Waals surface area (Å²) in [7, 11) is 1.80. The van der Waals surface area contributed by atoms with Crippen LogP contribution in [0, 0.1) is 20.8 Å². The molecule has 3 rings (SSSR count). The summed E-state index contributed by atoms with van der Waals surface area (Å²) >= 11 is 0. The van der Waals surface area contributed by atoms with E-state index in [0.29, 0.717) is 12.6 Å². The van der Waals surface area contributed by atoms with E-state index in [-0.39, 0.29) is 6.03 Å². The zero-order chi connectivity index (χ0) is 19.7. The van der Waals surface area contributed by atoms with Crippen molar-refractivity contribution in [3.05, 3.63) is 53.0 Å². The molecule has 0 fully saturated rings. The van der Waals surface area contributed by atoms with Gasteiger partial charge >= 0.3 is 6.03 Å². The van der Waals surface area contributed by atoms with E-state index in [1.165, 1.54) is 0 Å². The lowest BCUT2D eigenvalue weighted by atomic mass is 10.1. The van der Waals surface area contributed by atoms with Crippen molar-refractivity contribution in [2.45, 2.75) is 47.2 Å². The van der Waals surface area contributed by atoms with Gasteiger partial charge in [-0.2, -0.15) is 5.10 Å². The molecule has 0 unspecified atom stereocenters. The Kier molecular flexibility index (Phi) is 5.17. The standard InChI is InChI=1S/C21H27N5O/c1-13(2)26-16(5)18(15(4)24-26)12-25(6)21(27)23-20-9-7-8-19-17(20)11-10-14(3)22-19/h7-11,13H,12H2,1-6H3,(H,23,27). The summed E-state index contributed by atoms with van der Waals surface area (Å²) in [5.41, 5.74) is 5.76. The van der Waals surface area contributed by atoms with Gasteiger partial charge in [-0.25, -0.2) is 4.79 Å². The number of amides is 2. The van der Waals surface area contributed by atoms with Crippen molar-refractivity contribution >= 4 is 22.6 Å². The van der Waals surface area contributed by atoms with E-state index >= 15 is 0 Å². The highest BCUT2D eigenvalue weighted by atomic mass is 16.2. The van der Waals surface area contributed by atoms with Crippen molar-refractivity contribution in [2.24, 2.45) is 0 Å². The molecular weight excluding hydrogens is 338 g/mol. The van der Waals surface area contributed by atoms with Crippen molar-refractivity contribution < 1.29 is 4.79 Å². The number of hydrogen-bond acceptors (Lipinski definition) is 3. The molecule has 3 aromatic rings. The van der Waals surface area contributed by atoms with Gasteiger partial charge < -0.3 is 10.2 Å². The third kappa shape index (κ3) is 3.79. The van der Waals surface area contributed by atoms with Crippen LogP contribution in [0.4, 0.5) is 10.5 Å². The van der Waals surface area contributed by atoms with E-state index in [9.17, 15) is 4.79 Å². The fraction of sp³-hybridized carbons (Fsp3) is 0.381. The van der Waals surface area contributed by atoms with Gasteiger partial charge in [0.25, 0.3) is 0 Å². The molecule has 0 spiro atoms. The molecule has 0 atom stereocenters. The highest BCUT2D eigenvalue weighted by molar-refractivity contribution is 6.00. The van der Waals surface area contributed by atoms with Gasteiger partial charge in [-0.3, -0.25) is 9.67 Å². The van der Waals surface area contributed by atoms with Crippen LogP contribution in [-0.4, -0.2) is 32.7 Å². The lowest BCUT2D eigenvalue weighted by Crippen LogP contribution is -2.31. The number of benzene rings is 1. The van der Waals surface area contributed by atoms with E-state index in [0.717, 1.165) is 39.2 Å². The Morgan fingerprint density at radius 1 is 1.19 bits per heavy atom. The minimum absolute atomic E-state index is 0.154. The molecule has 0 saturated carbocycles. The Balaban J connectivity index is 1.79. The average molecular weight is 365 g/mol. The van der Waals surface area contributed by atoms with Gasteiger partial charge in [-0.05, 0) is 58.9 Å². The molecule has 2 amide bonds. The normalized spacial score (nSPS) is 11.2. The molecule has 0 radical (unpaired) electrons. The fourth-order valence-corrected chi connectivity index (χ4v) is 3.31. The van der Waals surface area contributed by atoms with Crippen molar-refractivity contribution in [1.29, 1.82) is 0 Å². The van der Waals surface area contributed by atoms with Crippen LogP contribution < -0.4 is 5.32 Å². The van der Waals surface area contributed by atoms with Crippen LogP contribution in [0.3, 0.4) is 0 Å². The first-order valence-electron chi connectivity index (χ1n) is 9.21. The number of nitrogens with zero attached hydrogens (tertiary/aromatic N) is 4. The second-order valence-corrected chi connectivity index (χ2v) is 7.30. The average Bonchev–Trinajstić information content (AvgIpc) is 2.90. The van der Waals surface area contributed by atoms with Crippen molar-refractivity contribution in [2.75, 3.05) is 12.4 Å². The van der Waals surface area contributed by atoms with Gasteiger partial charge in [0.15, 0.2) is 0 Å². The van der Waals surface area contributed by atoms with Crippen LogP contribution in [-0.2, 0) is 6.54 Å². The maximum Gasteiger partial charge on any atom is 0.321 e. The maximum atomic E-state index is 12.8. The zero-order valence-corrected chi connectivity index (χ0v) is 16.9. The topological polar surface area (TPSA) is 63.1 Å². The number of rotatable bonds is 4. The molecular formula is C21H27N5O. The van der Waals surface area contributed by atoms with Gasteiger partial charge in [0.1, 0.15) is 0 Å². The predicted molar refractivity (Wildman–Crippen MR) is 109 cm³/mol. The van der Waals surface area contributed by atoms with Crippen molar-refractivity contribution in [1.82, 2.24) is 19.7 Å². The van der Waals surface area contributed by atoms with E-state index in [1.807, 2.05) is 48.9 Å².